The van der Waals surface area contributed by atoms with Crippen molar-refractivity contribution in [3.8, 4) is 0 Å². The monoisotopic (exact) mass is 386 g/mol. The number of likely N-dealkylation sites (tertiary alicyclic amines) is 1. The van der Waals surface area contributed by atoms with Gasteiger partial charge < -0.3 is 14.5 Å². The lowest BCUT2D eigenvalue weighted by Crippen LogP contribution is -2.44. The number of pyridine rings is 1. The van der Waals surface area contributed by atoms with Crippen molar-refractivity contribution in [1.29, 1.82) is 0 Å². The van der Waals surface area contributed by atoms with Crippen molar-refractivity contribution in [3.63, 3.8) is 0 Å². The second-order valence-corrected chi connectivity index (χ2v) is 8.75. The molecule has 154 valence electrons. The third kappa shape index (κ3) is 4.84. The average Bonchev–Trinajstić information content (AvgIpc) is 2.75. The number of morpholine rings is 1. The fourth-order valence-electron chi connectivity index (χ4n) is 4.66. The molecule has 0 N–H and O–H groups in total. The molecule has 1 aromatic heterocycles. The summed E-state index contributed by atoms with van der Waals surface area (Å²) in [5.41, 5.74) is 0.722. The molecule has 0 saturated carbocycles. The summed E-state index contributed by atoms with van der Waals surface area (Å²) in [6.07, 6.45) is 6.49. The quantitative estimate of drug-likeness (QED) is 0.796. The smallest absolute Gasteiger partial charge is 0.255 e. The van der Waals surface area contributed by atoms with Gasteiger partial charge in [0.25, 0.3) is 5.91 Å². The van der Waals surface area contributed by atoms with Crippen molar-refractivity contribution < 1.29 is 9.53 Å². The highest BCUT2D eigenvalue weighted by Crippen LogP contribution is 2.24. The minimum Gasteiger partial charge on any atom is -0.379 e. The fourth-order valence-corrected chi connectivity index (χ4v) is 4.66. The maximum Gasteiger partial charge on any atom is 0.255 e. The second kappa shape index (κ2) is 9.23. The molecule has 6 heteroatoms. The number of aromatic nitrogens is 1. The van der Waals surface area contributed by atoms with Gasteiger partial charge in [0, 0.05) is 52.0 Å². The number of anilines is 1. The molecule has 28 heavy (non-hydrogen) atoms. The van der Waals surface area contributed by atoms with Crippen LogP contribution in [0.3, 0.4) is 0 Å². The van der Waals surface area contributed by atoms with E-state index in [0.29, 0.717) is 5.92 Å². The number of carbonyl (C=O) groups is 1. The number of amides is 1. The Hall–Kier alpha value is -1.66. The lowest BCUT2D eigenvalue weighted by Gasteiger charge is -2.37. The topological polar surface area (TPSA) is 48.9 Å². The number of hydrogen-bond donors (Lipinski definition) is 0. The summed E-state index contributed by atoms with van der Waals surface area (Å²) in [4.78, 5) is 24.3. The predicted octanol–water partition coefficient (Wildman–Crippen LogP) is 2.50. The molecule has 1 aromatic rings. The zero-order valence-corrected chi connectivity index (χ0v) is 17.2. The Morgan fingerprint density at radius 3 is 2.61 bits per heavy atom. The molecule has 3 saturated heterocycles. The van der Waals surface area contributed by atoms with Gasteiger partial charge in [-0.1, -0.05) is 6.92 Å². The standard InChI is InChI=1S/C22H34N4O2/c1-18-6-9-25(10-7-18)22(27)20-4-5-21(23-15-20)26-8-2-3-19(17-26)16-24-11-13-28-14-12-24/h4-5,15,18-19H,2-3,6-14,16-17H2,1H3. The van der Waals surface area contributed by atoms with E-state index in [1.54, 1.807) is 6.20 Å². The zero-order valence-electron chi connectivity index (χ0n) is 17.2. The van der Waals surface area contributed by atoms with Crippen LogP contribution in [0.5, 0.6) is 0 Å². The molecule has 3 aliphatic heterocycles. The first-order valence-corrected chi connectivity index (χ1v) is 11.0. The van der Waals surface area contributed by atoms with Crippen LogP contribution in [0.4, 0.5) is 5.82 Å². The van der Waals surface area contributed by atoms with Crippen LogP contribution in [-0.4, -0.2) is 79.7 Å². The van der Waals surface area contributed by atoms with E-state index in [0.717, 1.165) is 89.2 Å². The molecule has 3 fully saturated rings. The van der Waals surface area contributed by atoms with Crippen LogP contribution >= 0.6 is 0 Å². The normalized spacial score (nSPS) is 25.1. The van der Waals surface area contributed by atoms with E-state index in [4.69, 9.17) is 4.74 Å². The van der Waals surface area contributed by atoms with Crippen LogP contribution in [0.2, 0.25) is 0 Å². The highest BCUT2D eigenvalue weighted by molar-refractivity contribution is 5.94. The van der Waals surface area contributed by atoms with Crippen LogP contribution in [0, 0.1) is 11.8 Å². The molecule has 6 nitrogen and oxygen atoms in total. The Kier molecular flexibility index (Phi) is 6.47. The Balaban J connectivity index is 1.33. The van der Waals surface area contributed by atoms with Crippen LogP contribution in [-0.2, 0) is 4.74 Å². The lowest BCUT2D eigenvalue weighted by molar-refractivity contribution is 0.0296. The molecule has 1 unspecified atom stereocenters. The van der Waals surface area contributed by atoms with Gasteiger partial charge in [0.05, 0.1) is 18.8 Å². The van der Waals surface area contributed by atoms with E-state index in [9.17, 15) is 4.79 Å². The van der Waals surface area contributed by atoms with Gasteiger partial charge in [-0.2, -0.15) is 0 Å². The van der Waals surface area contributed by atoms with Gasteiger partial charge in [-0.3, -0.25) is 9.69 Å². The van der Waals surface area contributed by atoms with E-state index in [-0.39, 0.29) is 5.91 Å². The molecule has 4 rings (SSSR count). The Bertz CT molecular complexity index is 636. The Labute approximate surface area is 168 Å². The number of nitrogens with zero attached hydrogens (tertiary/aromatic N) is 4. The maximum absolute atomic E-state index is 12.7. The Morgan fingerprint density at radius 2 is 1.89 bits per heavy atom. The van der Waals surface area contributed by atoms with Gasteiger partial charge in [0.2, 0.25) is 0 Å². The minimum atomic E-state index is 0.134. The molecule has 0 radical (unpaired) electrons. The van der Waals surface area contributed by atoms with E-state index in [1.807, 2.05) is 17.0 Å². The molecular formula is C22H34N4O2. The van der Waals surface area contributed by atoms with Crippen LogP contribution < -0.4 is 4.90 Å². The number of rotatable bonds is 4. The summed E-state index contributed by atoms with van der Waals surface area (Å²) in [6.45, 7) is 11.1. The molecule has 0 aliphatic carbocycles. The van der Waals surface area contributed by atoms with Gasteiger partial charge in [-0.05, 0) is 49.7 Å². The van der Waals surface area contributed by atoms with E-state index < -0.39 is 0 Å². The van der Waals surface area contributed by atoms with Crippen LogP contribution in [0.25, 0.3) is 0 Å². The largest absolute Gasteiger partial charge is 0.379 e. The molecule has 4 heterocycles. The van der Waals surface area contributed by atoms with Crippen molar-refractivity contribution in [2.24, 2.45) is 11.8 Å². The van der Waals surface area contributed by atoms with Gasteiger partial charge in [0.1, 0.15) is 5.82 Å². The van der Waals surface area contributed by atoms with E-state index >= 15 is 0 Å². The zero-order chi connectivity index (χ0) is 19.3. The molecule has 3 aliphatic rings. The van der Waals surface area contributed by atoms with Crippen molar-refractivity contribution >= 4 is 11.7 Å². The number of hydrogen-bond acceptors (Lipinski definition) is 5. The number of piperidine rings is 2. The van der Waals surface area contributed by atoms with Gasteiger partial charge >= 0.3 is 0 Å². The van der Waals surface area contributed by atoms with E-state index in [2.05, 4.69) is 21.7 Å². The summed E-state index contributed by atoms with van der Waals surface area (Å²) >= 11 is 0. The first kappa shape index (κ1) is 19.6. The van der Waals surface area contributed by atoms with Gasteiger partial charge in [-0.15, -0.1) is 0 Å². The maximum atomic E-state index is 12.7. The molecule has 1 atom stereocenters. The molecule has 0 aromatic carbocycles. The molecule has 1 amide bonds. The highest BCUT2D eigenvalue weighted by atomic mass is 16.5. The average molecular weight is 387 g/mol. The minimum absolute atomic E-state index is 0.134. The van der Waals surface area contributed by atoms with Crippen molar-refractivity contribution in [1.82, 2.24) is 14.8 Å². The Morgan fingerprint density at radius 1 is 1.11 bits per heavy atom. The van der Waals surface area contributed by atoms with Crippen molar-refractivity contribution in [2.75, 3.05) is 63.9 Å². The number of ether oxygens (including phenoxy) is 1. The fraction of sp³-hybridized carbons (Fsp3) is 0.727. The number of carbonyl (C=O) groups excluding carboxylic acids is 1. The lowest BCUT2D eigenvalue weighted by atomic mass is 9.97. The first-order chi connectivity index (χ1) is 13.7. The second-order valence-electron chi connectivity index (χ2n) is 8.75. The SMILES string of the molecule is CC1CCN(C(=O)c2ccc(N3CCCC(CN4CCOCC4)C3)nc2)CC1. The van der Waals surface area contributed by atoms with Crippen molar-refractivity contribution in [3.05, 3.63) is 23.9 Å². The third-order valence-corrected chi connectivity index (χ3v) is 6.53. The first-order valence-electron chi connectivity index (χ1n) is 11.0. The third-order valence-electron chi connectivity index (χ3n) is 6.53. The molecular weight excluding hydrogens is 352 g/mol. The predicted molar refractivity (Wildman–Crippen MR) is 111 cm³/mol. The molecule has 0 bridgehead atoms. The molecule has 0 spiro atoms. The summed E-state index contributed by atoms with van der Waals surface area (Å²) in [5.74, 6) is 2.56. The van der Waals surface area contributed by atoms with Crippen LogP contribution in [0.15, 0.2) is 18.3 Å². The highest BCUT2D eigenvalue weighted by Gasteiger charge is 2.25. The van der Waals surface area contributed by atoms with Crippen LogP contribution in [0.1, 0.15) is 43.0 Å². The van der Waals surface area contributed by atoms with E-state index in [1.165, 1.54) is 12.8 Å². The van der Waals surface area contributed by atoms with Gasteiger partial charge in [-0.25, -0.2) is 4.98 Å². The summed E-state index contributed by atoms with van der Waals surface area (Å²) in [6, 6.07) is 4.01. The summed E-state index contributed by atoms with van der Waals surface area (Å²) < 4.78 is 5.47. The van der Waals surface area contributed by atoms with Gasteiger partial charge in [0.15, 0.2) is 0 Å². The summed E-state index contributed by atoms with van der Waals surface area (Å²) in [5, 5.41) is 0. The summed E-state index contributed by atoms with van der Waals surface area (Å²) in [7, 11) is 0. The van der Waals surface area contributed by atoms with Crippen molar-refractivity contribution in [2.45, 2.75) is 32.6 Å².